The van der Waals surface area contributed by atoms with Crippen molar-refractivity contribution in [3.8, 4) is 11.8 Å². The van der Waals surface area contributed by atoms with Crippen molar-refractivity contribution < 1.29 is 14.3 Å². The monoisotopic (exact) mass is 238 g/mol. The molecule has 0 aliphatic carbocycles. The maximum Gasteiger partial charge on any atom is 0.316 e. The number of thioether (sulfide) groups is 1. The van der Waals surface area contributed by atoms with Crippen LogP contribution in [0.1, 0.15) is 5.56 Å². The van der Waals surface area contributed by atoms with Gasteiger partial charge in [0.25, 0.3) is 0 Å². The molecule has 0 saturated heterocycles. The maximum atomic E-state index is 11.0. The van der Waals surface area contributed by atoms with Crippen LogP contribution in [0.5, 0.6) is 5.75 Å². The average Bonchev–Trinajstić information content (AvgIpc) is 2.34. The lowest BCUT2D eigenvalue weighted by molar-refractivity contribution is -0.137. The van der Waals surface area contributed by atoms with Gasteiger partial charge >= 0.3 is 5.97 Å². The van der Waals surface area contributed by atoms with Crippen molar-refractivity contribution in [2.75, 3.05) is 20.0 Å². The van der Waals surface area contributed by atoms with E-state index in [4.69, 9.17) is 10.00 Å². The fourth-order valence-electron chi connectivity index (χ4n) is 0.995. The van der Waals surface area contributed by atoms with Gasteiger partial charge in [0.05, 0.1) is 20.0 Å². The number of methoxy groups -OCH3 is 2. The smallest absolute Gasteiger partial charge is 0.316 e. The molecule has 5 nitrogen and oxygen atoms in total. The first-order chi connectivity index (χ1) is 7.72. The van der Waals surface area contributed by atoms with E-state index in [9.17, 15) is 4.79 Å². The van der Waals surface area contributed by atoms with Gasteiger partial charge in [0.1, 0.15) is 22.4 Å². The Hall–Kier alpha value is -1.74. The lowest BCUT2D eigenvalue weighted by Gasteiger charge is -2.05. The van der Waals surface area contributed by atoms with Crippen molar-refractivity contribution in [3.05, 3.63) is 17.8 Å². The van der Waals surface area contributed by atoms with E-state index in [0.29, 0.717) is 16.3 Å². The zero-order valence-electron chi connectivity index (χ0n) is 8.89. The van der Waals surface area contributed by atoms with Gasteiger partial charge in [-0.25, -0.2) is 4.98 Å². The second-order valence-corrected chi connectivity index (χ2v) is 3.63. The second kappa shape index (κ2) is 5.98. The average molecular weight is 238 g/mol. The van der Waals surface area contributed by atoms with Crippen LogP contribution in [0.25, 0.3) is 0 Å². The third-order valence-corrected chi connectivity index (χ3v) is 2.73. The lowest BCUT2D eigenvalue weighted by Crippen LogP contribution is -2.04. The van der Waals surface area contributed by atoms with Crippen molar-refractivity contribution >= 4 is 17.7 Å². The van der Waals surface area contributed by atoms with Crippen LogP contribution in [0, 0.1) is 11.3 Å². The molecule has 6 heteroatoms. The SMILES string of the molecule is COC(=O)CSc1nccc(OC)c1C#N. The van der Waals surface area contributed by atoms with Crippen molar-refractivity contribution in [3.63, 3.8) is 0 Å². The molecule has 1 heterocycles. The van der Waals surface area contributed by atoms with E-state index in [2.05, 4.69) is 9.72 Å². The summed E-state index contributed by atoms with van der Waals surface area (Å²) in [7, 11) is 2.79. The van der Waals surface area contributed by atoms with Gasteiger partial charge in [0.2, 0.25) is 0 Å². The van der Waals surface area contributed by atoms with Crippen molar-refractivity contribution in [1.29, 1.82) is 5.26 Å². The summed E-state index contributed by atoms with van der Waals surface area (Å²) in [5.41, 5.74) is 0.332. The molecule has 0 fully saturated rings. The van der Waals surface area contributed by atoms with Crippen LogP contribution in [-0.4, -0.2) is 30.9 Å². The molecule has 0 radical (unpaired) electrons. The molecule has 0 spiro atoms. The highest BCUT2D eigenvalue weighted by Crippen LogP contribution is 2.26. The van der Waals surface area contributed by atoms with Gasteiger partial charge in [-0.1, -0.05) is 11.8 Å². The third kappa shape index (κ3) is 2.87. The molecule has 0 aliphatic heterocycles. The minimum Gasteiger partial charge on any atom is -0.495 e. The maximum absolute atomic E-state index is 11.0. The Bertz CT molecular complexity index is 429. The fraction of sp³-hybridized carbons (Fsp3) is 0.300. The molecule has 0 saturated carbocycles. The van der Waals surface area contributed by atoms with Gasteiger partial charge in [-0.2, -0.15) is 5.26 Å². The Kier molecular flexibility index (Phi) is 4.61. The van der Waals surface area contributed by atoms with E-state index in [1.54, 1.807) is 6.07 Å². The Labute approximate surface area is 97.4 Å². The quantitative estimate of drug-likeness (QED) is 0.580. The van der Waals surface area contributed by atoms with E-state index in [0.717, 1.165) is 11.8 Å². The number of carbonyl (C=O) groups is 1. The number of aromatic nitrogens is 1. The van der Waals surface area contributed by atoms with E-state index in [-0.39, 0.29) is 11.7 Å². The molecule has 16 heavy (non-hydrogen) atoms. The van der Waals surface area contributed by atoms with Crippen LogP contribution < -0.4 is 4.74 Å². The van der Waals surface area contributed by atoms with Crippen LogP contribution >= 0.6 is 11.8 Å². The Morgan fingerprint density at radius 3 is 2.94 bits per heavy atom. The van der Waals surface area contributed by atoms with Gasteiger partial charge in [0, 0.05) is 6.20 Å². The number of nitriles is 1. The highest BCUT2D eigenvalue weighted by atomic mass is 32.2. The minimum absolute atomic E-state index is 0.116. The van der Waals surface area contributed by atoms with Crippen LogP contribution in [0.4, 0.5) is 0 Å². The molecule has 1 aromatic heterocycles. The van der Waals surface area contributed by atoms with E-state index < -0.39 is 0 Å². The van der Waals surface area contributed by atoms with Gasteiger partial charge < -0.3 is 9.47 Å². The number of nitrogens with zero attached hydrogens (tertiary/aromatic N) is 2. The molecule has 0 atom stereocenters. The van der Waals surface area contributed by atoms with E-state index in [1.807, 2.05) is 6.07 Å². The minimum atomic E-state index is -0.362. The molecule has 0 N–H and O–H groups in total. The number of hydrogen-bond donors (Lipinski definition) is 0. The van der Waals surface area contributed by atoms with Crippen molar-refractivity contribution in [2.24, 2.45) is 0 Å². The topological polar surface area (TPSA) is 72.2 Å². The summed E-state index contributed by atoms with van der Waals surface area (Å²) in [6.07, 6.45) is 1.53. The van der Waals surface area contributed by atoms with Gasteiger partial charge in [-0.3, -0.25) is 4.79 Å². The van der Waals surface area contributed by atoms with Crippen LogP contribution in [0.2, 0.25) is 0 Å². The fourth-order valence-corrected chi connectivity index (χ4v) is 1.79. The standard InChI is InChI=1S/C10H10N2O3S/c1-14-8-3-4-12-10(7(8)5-11)16-6-9(13)15-2/h3-4H,6H2,1-2H3. The largest absolute Gasteiger partial charge is 0.495 e. The summed E-state index contributed by atoms with van der Waals surface area (Å²) in [6, 6.07) is 3.59. The number of rotatable bonds is 4. The highest BCUT2D eigenvalue weighted by molar-refractivity contribution is 7.99. The zero-order valence-corrected chi connectivity index (χ0v) is 9.71. The molecule has 0 amide bonds. The number of esters is 1. The van der Waals surface area contributed by atoms with Gasteiger partial charge in [-0.05, 0) is 6.07 Å². The van der Waals surface area contributed by atoms with Crippen LogP contribution in [0.3, 0.4) is 0 Å². The van der Waals surface area contributed by atoms with E-state index in [1.165, 1.54) is 20.4 Å². The molecule has 0 aromatic carbocycles. The first-order valence-electron chi connectivity index (χ1n) is 4.35. The molecular formula is C10H10N2O3S. The number of carbonyl (C=O) groups excluding carboxylic acids is 1. The van der Waals surface area contributed by atoms with E-state index >= 15 is 0 Å². The molecule has 84 valence electrons. The Morgan fingerprint density at radius 2 is 2.38 bits per heavy atom. The van der Waals surface area contributed by atoms with Crippen molar-refractivity contribution in [1.82, 2.24) is 4.98 Å². The van der Waals surface area contributed by atoms with Crippen LogP contribution in [0.15, 0.2) is 17.3 Å². The Balaban J connectivity index is 2.88. The highest BCUT2D eigenvalue weighted by Gasteiger charge is 2.12. The van der Waals surface area contributed by atoms with Gasteiger partial charge in [-0.15, -0.1) is 0 Å². The molecular weight excluding hydrogens is 228 g/mol. The van der Waals surface area contributed by atoms with Crippen molar-refractivity contribution in [2.45, 2.75) is 5.03 Å². The summed E-state index contributed by atoms with van der Waals surface area (Å²) >= 11 is 1.15. The number of pyridine rings is 1. The summed E-state index contributed by atoms with van der Waals surface area (Å²) < 4.78 is 9.52. The normalized spacial score (nSPS) is 9.31. The molecule has 0 unspecified atom stereocenters. The number of ether oxygens (including phenoxy) is 2. The summed E-state index contributed by atoms with van der Waals surface area (Å²) in [5.74, 6) is 0.203. The third-order valence-electron chi connectivity index (χ3n) is 1.76. The number of hydrogen-bond acceptors (Lipinski definition) is 6. The van der Waals surface area contributed by atoms with Gasteiger partial charge in [0.15, 0.2) is 0 Å². The summed E-state index contributed by atoms with van der Waals surface area (Å²) in [6.45, 7) is 0. The first-order valence-corrected chi connectivity index (χ1v) is 5.34. The summed E-state index contributed by atoms with van der Waals surface area (Å²) in [5, 5.41) is 9.42. The predicted molar refractivity (Wildman–Crippen MR) is 58.2 cm³/mol. The predicted octanol–water partition coefficient (Wildman–Crippen LogP) is 1.23. The molecule has 0 bridgehead atoms. The first kappa shape index (κ1) is 12.3. The second-order valence-electron chi connectivity index (χ2n) is 2.67. The van der Waals surface area contributed by atoms with Crippen LogP contribution in [-0.2, 0) is 9.53 Å². The summed E-state index contributed by atoms with van der Waals surface area (Å²) in [4.78, 5) is 15.0. The molecule has 1 rings (SSSR count). The molecule has 1 aromatic rings. The Morgan fingerprint density at radius 1 is 1.62 bits per heavy atom. The molecule has 0 aliphatic rings. The zero-order chi connectivity index (χ0) is 12.0. The lowest BCUT2D eigenvalue weighted by atomic mass is 10.3.